The van der Waals surface area contributed by atoms with Gasteiger partial charge in [-0.15, -0.1) is 0 Å². The van der Waals surface area contributed by atoms with Gasteiger partial charge in [-0.1, -0.05) is 19.2 Å². The molecule has 0 saturated carbocycles. The summed E-state index contributed by atoms with van der Waals surface area (Å²) in [5.74, 6) is 0.399. The van der Waals surface area contributed by atoms with E-state index in [4.69, 9.17) is 0 Å². The van der Waals surface area contributed by atoms with Crippen molar-refractivity contribution < 1.29 is 0 Å². The van der Waals surface area contributed by atoms with E-state index in [1.807, 2.05) is 6.92 Å². The fourth-order valence-corrected chi connectivity index (χ4v) is 1.84. The van der Waals surface area contributed by atoms with E-state index in [0.29, 0.717) is 28.4 Å². The maximum Gasteiger partial charge on any atom is 0.355 e. The van der Waals surface area contributed by atoms with E-state index in [2.05, 4.69) is 33.4 Å². The Bertz CT molecular complexity index is 773. The van der Waals surface area contributed by atoms with Crippen molar-refractivity contribution in [3.05, 3.63) is 53.8 Å². The molecule has 2 rings (SSSR count). The highest BCUT2D eigenvalue weighted by molar-refractivity contribution is 5.85. The van der Waals surface area contributed by atoms with Crippen molar-refractivity contribution in [2.75, 3.05) is 12.4 Å². The summed E-state index contributed by atoms with van der Waals surface area (Å²) in [6.07, 6.45) is 6.42. The summed E-state index contributed by atoms with van der Waals surface area (Å²) in [6, 6.07) is 0. The first-order chi connectivity index (χ1) is 9.62. The number of aryl methyl sites for hydroxylation is 1. The van der Waals surface area contributed by atoms with Crippen LogP contribution in [0.5, 0.6) is 0 Å². The third-order valence-electron chi connectivity index (χ3n) is 2.70. The summed E-state index contributed by atoms with van der Waals surface area (Å²) in [6.45, 7) is 9.14. The highest BCUT2D eigenvalue weighted by Gasteiger charge is 2.13. The van der Waals surface area contributed by atoms with Gasteiger partial charge in [-0.05, 0) is 19.1 Å². The van der Waals surface area contributed by atoms with Crippen molar-refractivity contribution in [2.24, 2.45) is 0 Å². The standard InChI is InChI=1S/C14H15N5O/c1-5-7-10(6-2)19-13-11(16-8-9(3)17-13)12(15-4)18-14(19)20/h5-8H,1-2H2,3-4H3,(H,15,18,20)/b10-7+. The minimum Gasteiger partial charge on any atom is -0.371 e. The number of hydrogen-bond donors (Lipinski definition) is 1. The molecule has 0 aliphatic rings. The second-order valence-electron chi connectivity index (χ2n) is 4.04. The molecule has 1 N–H and O–H groups in total. The van der Waals surface area contributed by atoms with Crippen LogP contribution in [0.25, 0.3) is 16.9 Å². The zero-order chi connectivity index (χ0) is 14.7. The van der Waals surface area contributed by atoms with Crippen LogP contribution in [0.15, 0.2) is 42.4 Å². The molecule has 0 aliphatic heterocycles. The van der Waals surface area contributed by atoms with Crippen LogP contribution in [-0.4, -0.2) is 26.6 Å². The van der Waals surface area contributed by atoms with Gasteiger partial charge in [0.15, 0.2) is 11.5 Å². The van der Waals surface area contributed by atoms with E-state index in [1.165, 1.54) is 4.57 Å². The third kappa shape index (κ3) is 2.23. The van der Waals surface area contributed by atoms with Crippen molar-refractivity contribution in [3.63, 3.8) is 0 Å². The smallest absolute Gasteiger partial charge is 0.355 e. The van der Waals surface area contributed by atoms with Gasteiger partial charge in [0.1, 0.15) is 5.52 Å². The second-order valence-corrected chi connectivity index (χ2v) is 4.04. The van der Waals surface area contributed by atoms with Crippen LogP contribution in [0.3, 0.4) is 0 Å². The van der Waals surface area contributed by atoms with Crippen molar-refractivity contribution in [1.82, 2.24) is 19.5 Å². The van der Waals surface area contributed by atoms with E-state index in [0.717, 1.165) is 0 Å². The first kappa shape index (κ1) is 13.7. The Morgan fingerprint density at radius 1 is 1.40 bits per heavy atom. The van der Waals surface area contributed by atoms with Crippen LogP contribution in [0.4, 0.5) is 5.82 Å². The molecule has 6 nitrogen and oxygen atoms in total. The summed E-state index contributed by atoms with van der Waals surface area (Å²) in [5.41, 5.74) is 1.76. The van der Waals surface area contributed by atoms with E-state index in [9.17, 15) is 4.79 Å². The maximum atomic E-state index is 12.2. The molecule has 20 heavy (non-hydrogen) atoms. The SMILES string of the molecule is C=C/C=C(\C=C)n1c(=O)nc(NC)c2ncc(C)nc21. The predicted octanol–water partition coefficient (Wildman–Crippen LogP) is 1.75. The maximum absolute atomic E-state index is 12.2. The van der Waals surface area contributed by atoms with Crippen molar-refractivity contribution in [2.45, 2.75) is 6.92 Å². The molecular weight excluding hydrogens is 254 g/mol. The van der Waals surface area contributed by atoms with Crippen LogP contribution in [0, 0.1) is 6.92 Å². The molecule has 0 bridgehead atoms. The van der Waals surface area contributed by atoms with E-state index < -0.39 is 5.69 Å². The van der Waals surface area contributed by atoms with E-state index >= 15 is 0 Å². The lowest BCUT2D eigenvalue weighted by atomic mass is 10.3. The van der Waals surface area contributed by atoms with Crippen molar-refractivity contribution in [3.8, 4) is 0 Å². The summed E-state index contributed by atoms with van der Waals surface area (Å²) in [5, 5.41) is 2.85. The molecular formula is C14H15N5O. The topological polar surface area (TPSA) is 72.7 Å². The highest BCUT2D eigenvalue weighted by Crippen LogP contribution is 2.18. The normalized spacial score (nSPS) is 11.4. The van der Waals surface area contributed by atoms with Gasteiger partial charge in [0.25, 0.3) is 0 Å². The summed E-state index contributed by atoms with van der Waals surface area (Å²) in [7, 11) is 1.68. The van der Waals surface area contributed by atoms with Crippen molar-refractivity contribution in [1.29, 1.82) is 0 Å². The number of hydrogen-bond acceptors (Lipinski definition) is 5. The van der Waals surface area contributed by atoms with Crippen LogP contribution in [-0.2, 0) is 0 Å². The van der Waals surface area contributed by atoms with Crippen LogP contribution >= 0.6 is 0 Å². The van der Waals surface area contributed by atoms with Crippen LogP contribution in [0.1, 0.15) is 5.69 Å². The third-order valence-corrected chi connectivity index (χ3v) is 2.70. The average Bonchev–Trinajstić information content (AvgIpc) is 2.44. The predicted molar refractivity (Wildman–Crippen MR) is 80.5 cm³/mol. The molecule has 0 saturated heterocycles. The number of nitrogens with one attached hydrogen (secondary N) is 1. The Labute approximate surface area is 116 Å². The Morgan fingerprint density at radius 2 is 2.15 bits per heavy atom. The first-order valence-electron chi connectivity index (χ1n) is 6.02. The van der Waals surface area contributed by atoms with E-state index in [1.54, 1.807) is 31.5 Å². The van der Waals surface area contributed by atoms with E-state index in [-0.39, 0.29) is 0 Å². The van der Waals surface area contributed by atoms with Crippen molar-refractivity contribution >= 4 is 22.7 Å². The number of aromatic nitrogens is 4. The first-order valence-corrected chi connectivity index (χ1v) is 6.02. The minimum absolute atomic E-state index is 0.399. The molecule has 0 amide bonds. The van der Waals surface area contributed by atoms with Crippen LogP contribution in [0.2, 0.25) is 0 Å². The van der Waals surface area contributed by atoms with Gasteiger partial charge in [-0.3, -0.25) is 0 Å². The Morgan fingerprint density at radius 3 is 2.75 bits per heavy atom. The van der Waals surface area contributed by atoms with Gasteiger partial charge in [0.2, 0.25) is 0 Å². The molecule has 0 aliphatic carbocycles. The molecule has 0 aromatic carbocycles. The number of allylic oxidation sites excluding steroid dienone is 4. The largest absolute Gasteiger partial charge is 0.371 e. The molecule has 0 atom stereocenters. The molecule has 0 fully saturated rings. The second kappa shape index (κ2) is 5.48. The zero-order valence-corrected chi connectivity index (χ0v) is 11.4. The summed E-state index contributed by atoms with van der Waals surface area (Å²) in [4.78, 5) is 24.9. The molecule has 0 unspecified atom stereocenters. The number of anilines is 1. The van der Waals surface area contributed by atoms with Gasteiger partial charge in [0.05, 0.1) is 11.4 Å². The monoisotopic (exact) mass is 269 g/mol. The highest BCUT2D eigenvalue weighted by atomic mass is 16.1. The van der Waals surface area contributed by atoms with Gasteiger partial charge in [-0.25, -0.2) is 19.3 Å². The number of nitrogens with zero attached hydrogens (tertiary/aromatic N) is 4. The zero-order valence-electron chi connectivity index (χ0n) is 11.4. The molecule has 102 valence electrons. The molecule has 0 spiro atoms. The average molecular weight is 269 g/mol. The van der Waals surface area contributed by atoms with Gasteiger partial charge >= 0.3 is 5.69 Å². The Kier molecular flexibility index (Phi) is 3.74. The lowest BCUT2D eigenvalue weighted by Crippen LogP contribution is -2.24. The minimum atomic E-state index is -0.449. The fourth-order valence-electron chi connectivity index (χ4n) is 1.84. The fraction of sp³-hybridized carbons (Fsp3) is 0.143. The quantitative estimate of drug-likeness (QED) is 0.856. The number of fused-ring (bicyclic) bond motifs is 1. The van der Waals surface area contributed by atoms with Gasteiger partial charge < -0.3 is 5.32 Å². The lowest BCUT2D eigenvalue weighted by molar-refractivity contribution is 0.951. The lowest BCUT2D eigenvalue weighted by Gasteiger charge is -2.11. The Hall–Kier alpha value is -2.76. The van der Waals surface area contributed by atoms with Gasteiger partial charge in [-0.2, -0.15) is 4.98 Å². The summed E-state index contributed by atoms with van der Waals surface area (Å²) >= 11 is 0. The van der Waals surface area contributed by atoms with Gasteiger partial charge in [0, 0.05) is 13.2 Å². The molecule has 2 heterocycles. The Balaban J connectivity index is 2.97. The molecule has 2 aromatic rings. The molecule has 0 radical (unpaired) electrons. The number of rotatable bonds is 4. The van der Waals surface area contributed by atoms with Crippen LogP contribution < -0.4 is 11.0 Å². The summed E-state index contributed by atoms with van der Waals surface area (Å²) < 4.78 is 1.37. The molecule has 6 heteroatoms. The molecule has 2 aromatic heterocycles.